The van der Waals surface area contributed by atoms with Crippen LogP contribution in [-0.4, -0.2) is 70.4 Å². The minimum Gasteiger partial charge on any atom is -0.497 e. The fraction of sp³-hybridized carbons (Fsp3) is 0.444. The summed E-state index contributed by atoms with van der Waals surface area (Å²) >= 11 is 0. The Balaban J connectivity index is 1.68. The van der Waals surface area contributed by atoms with E-state index in [-0.39, 0.29) is 18.6 Å². The summed E-state index contributed by atoms with van der Waals surface area (Å²) in [5.41, 5.74) is 1.67. The molecular formula is C18H24N4O3. The summed E-state index contributed by atoms with van der Waals surface area (Å²) in [7, 11) is 1.66. The van der Waals surface area contributed by atoms with Crippen LogP contribution in [0.15, 0.2) is 36.5 Å². The smallest absolute Gasteiger partial charge is 0.271 e. The molecule has 0 radical (unpaired) electrons. The van der Waals surface area contributed by atoms with Gasteiger partial charge in [0.05, 0.1) is 7.11 Å². The maximum atomic E-state index is 12.5. The van der Waals surface area contributed by atoms with Crippen molar-refractivity contribution < 1.29 is 14.6 Å². The molecule has 1 amide bonds. The van der Waals surface area contributed by atoms with E-state index in [1.54, 1.807) is 19.4 Å². The first-order valence-corrected chi connectivity index (χ1v) is 8.47. The highest BCUT2D eigenvalue weighted by Gasteiger charge is 2.30. The molecular weight excluding hydrogens is 320 g/mol. The average molecular weight is 344 g/mol. The lowest BCUT2D eigenvalue weighted by molar-refractivity contribution is 0.0391. The molecule has 1 saturated heterocycles. The van der Waals surface area contributed by atoms with Gasteiger partial charge >= 0.3 is 0 Å². The van der Waals surface area contributed by atoms with E-state index in [4.69, 9.17) is 4.74 Å². The second-order valence-electron chi connectivity index (χ2n) is 6.21. The first-order chi connectivity index (χ1) is 12.2. The number of hydrogen-bond acceptors (Lipinski definition) is 5. The third kappa shape index (κ3) is 4.18. The second-order valence-corrected chi connectivity index (χ2v) is 6.21. The number of rotatable bonds is 6. The summed E-state index contributed by atoms with van der Waals surface area (Å²) < 4.78 is 5.29. The van der Waals surface area contributed by atoms with Crippen LogP contribution in [0.1, 0.15) is 22.5 Å². The Morgan fingerprint density at radius 1 is 1.40 bits per heavy atom. The predicted molar refractivity (Wildman–Crippen MR) is 93.4 cm³/mol. The van der Waals surface area contributed by atoms with Crippen LogP contribution in [0.5, 0.6) is 5.75 Å². The molecule has 7 nitrogen and oxygen atoms in total. The van der Waals surface area contributed by atoms with Crippen molar-refractivity contribution in [3.8, 4) is 5.75 Å². The lowest BCUT2D eigenvalue weighted by Gasteiger charge is -2.41. The van der Waals surface area contributed by atoms with Gasteiger partial charge in [-0.3, -0.25) is 14.8 Å². The van der Waals surface area contributed by atoms with Crippen molar-refractivity contribution >= 4 is 5.91 Å². The summed E-state index contributed by atoms with van der Waals surface area (Å²) in [6.45, 7) is 2.90. The number of hydrogen-bond donors (Lipinski definition) is 2. The Hall–Kier alpha value is -2.38. The molecule has 2 aromatic rings. The molecule has 25 heavy (non-hydrogen) atoms. The van der Waals surface area contributed by atoms with Gasteiger partial charge in [-0.05, 0) is 30.2 Å². The normalized spacial score (nSPS) is 18.3. The predicted octanol–water partition coefficient (Wildman–Crippen LogP) is 1.13. The Bertz CT molecular complexity index is 689. The number of aliphatic hydroxyl groups is 1. The van der Waals surface area contributed by atoms with Gasteiger partial charge in [0.25, 0.3) is 5.91 Å². The zero-order valence-electron chi connectivity index (χ0n) is 14.4. The average Bonchev–Trinajstić information content (AvgIpc) is 3.17. The molecule has 1 aliphatic heterocycles. The molecule has 1 aromatic carbocycles. The van der Waals surface area contributed by atoms with E-state index in [0.29, 0.717) is 25.2 Å². The number of nitrogens with one attached hydrogen (secondary N) is 1. The van der Waals surface area contributed by atoms with E-state index >= 15 is 0 Å². The van der Waals surface area contributed by atoms with E-state index < -0.39 is 0 Å². The summed E-state index contributed by atoms with van der Waals surface area (Å²) in [5, 5.41) is 16.0. The summed E-state index contributed by atoms with van der Waals surface area (Å²) in [5.74, 6) is 0.797. The largest absolute Gasteiger partial charge is 0.497 e. The number of carbonyl (C=O) groups is 1. The van der Waals surface area contributed by atoms with Gasteiger partial charge in [-0.2, -0.15) is 5.10 Å². The lowest BCUT2D eigenvalue weighted by atomic mass is 10.1. The molecule has 0 bridgehead atoms. The number of piperazine rings is 1. The number of methoxy groups -OCH3 is 1. The third-order valence-corrected chi connectivity index (χ3v) is 4.61. The highest BCUT2D eigenvalue weighted by molar-refractivity contribution is 5.92. The highest BCUT2D eigenvalue weighted by atomic mass is 16.5. The Kier molecular flexibility index (Phi) is 5.67. The van der Waals surface area contributed by atoms with E-state index in [1.807, 2.05) is 23.1 Å². The van der Waals surface area contributed by atoms with E-state index in [2.05, 4.69) is 21.2 Å². The van der Waals surface area contributed by atoms with Gasteiger partial charge in [-0.25, -0.2) is 0 Å². The number of carbonyl (C=O) groups excluding carboxylic acids is 1. The van der Waals surface area contributed by atoms with Crippen molar-refractivity contribution in [2.75, 3.05) is 33.4 Å². The number of benzene rings is 1. The quantitative estimate of drug-likeness (QED) is 0.821. The van der Waals surface area contributed by atoms with Gasteiger partial charge in [-0.1, -0.05) is 12.1 Å². The lowest BCUT2D eigenvalue weighted by Crippen LogP contribution is -2.54. The van der Waals surface area contributed by atoms with Crippen molar-refractivity contribution in [3.05, 3.63) is 47.8 Å². The van der Waals surface area contributed by atoms with Crippen LogP contribution in [0.25, 0.3) is 0 Å². The first-order valence-electron chi connectivity index (χ1n) is 8.47. The number of aromatic nitrogens is 2. The summed E-state index contributed by atoms with van der Waals surface area (Å²) in [6.07, 6.45) is 2.22. The third-order valence-electron chi connectivity index (χ3n) is 4.61. The number of aromatic amines is 1. The van der Waals surface area contributed by atoms with Gasteiger partial charge in [0, 0.05) is 45.0 Å². The van der Waals surface area contributed by atoms with Crippen molar-refractivity contribution in [2.24, 2.45) is 0 Å². The molecule has 0 aliphatic carbocycles. The number of aliphatic hydroxyl groups excluding tert-OH is 1. The van der Waals surface area contributed by atoms with Gasteiger partial charge < -0.3 is 14.7 Å². The van der Waals surface area contributed by atoms with Crippen LogP contribution in [0.2, 0.25) is 0 Å². The second kappa shape index (κ2) is 8.13. The first kappa shape index (κ1) is 17.4. The molecule has 1 aliphatic rings. The van der Waals surface area contributed by atoms with Crippen molar-refractivity contribution in [1.82, 2.24) is 20.0 Å². The zero-order valence-corrected chi connectivity index (χ0v) is 14.4. The van der Waals surface area contributed by atoms with Crippen molar-refractivity contribution in [2.45, 2.75) is 19.0 Å². The standard InChI is InChI=1S/C18H24N4O3/c1-25-16-4-2-3-14(11-16)12-21-8-9-22(13-15(21)6-10-23)18(24)17-5-7-19-20-17/h2-5,7,11,15,23H,6,8-10,12-13H2,1H3,(H,19,20)/t15-/m0/s1. The molecule has 0 unspecified atom stereocenters. The fourth-order valence-corrected chi connectivity index (χ4v) is 3.26. The van der Waals surface area contributed by atoms with Gasteiger partial charge in [-0.15, -0.1) is 0 Å². The molecule has 1 fully saturated rings. The Morgan fingerprint density at radius 2 is 2.28 bits per heavy atom. The highest BCUT2D eigenvalue weighted by Crippen LogP contribution is 2.20. The summed E-state index contributed by atoms with van der Waals surface area (Å²) in [4.78, 5) is 16.7. The molecule has 2 N–H and O–H groups in total. The molecule has 7 heteroatoms. The van der Waals surface area contributed by atoms with Crippen LogP contribution in [0.4, 0.5) is 0 Å². The molecule has 2 heterocycles. The molecule has 0 spiro atoms. The van der Waals surface area contributed by atoms with Crippen LogP contribution >= 0.6 is 0 Å². The topological polar surface area (TPSA) is 81.7 Å². The fourth-order valence-electron chi connectivity index (χ4n) is 3.26. The van der Waals surface area contributed by atoms with Crippen LogP contribution < -0.4 is 4.74 Å². The summed E-state index contributed by atoms with van der Waals surface area (Å²) in [6, 6.07) is 9.81. The molecule has 1 aromatic heterocycles. The van der Waals surface area contributed by atoms with Crippen LogP contribution in [0, 0.1) is 0 Å². The number of H-pyrrole nitrogens is 1. The maximum absolute atomic E-state index is 12.5. The van der Waals surface area contributed by atoms with Gasteiger partial charge in [0.1, 0.15) is 11.4 Å². The Morgan fingerprint density at radius 3 is 3.00 bits per heavy atom. The Labute approximate surface area is 147 Å². The maximum Gasteiger partial charge on any atom is 0.271 e. The number of amides is 1. The molecule has 1 atom stereocenters. The van der Waals surface area contributed by atoms with E-state index in [9.17, 15) is 9.90 Å². The number of ether oxygens (including phenoxy) is 1. The van der Waals surface area contributed by atoms with E-state index in [1.165, 1.54) is 0 Å². The van der Waals surface area contributed by atoms with E-state index in [0.717, 1.165) is 24.4 Å². The van der Waals surface area contributed by atoms with Crippen molar-refractivity contribution in [1.29, 1.82) is 0 Å². The zero-order chi connectivity index (χ0) is 17.6. The van der Waals surface area contributed by atoms with Gasteiger partial charge in [0.2, 0.25) is 0 Å². The monoisotopic (exact) mass is 344 g/mol. The van der Waals surface area contributed by atoms with Crippen LogP contribution in [0.3, 0.4) is 0 Å². The number of nitrogens with zero attached hydrogens (tertiary/aromatic N) is 3. The van der Waals surface area contributed by atoms with Crippen LogP contribution in [-0.2, 0) is 6.54 Å². The van der Waals surface area contributed by atoms with Crippen molar-refractivity contribution in [3.63, 3.8) is 0 Å². The minimum atomic E-state index is -0.0403. The minimum absolute atomic E-state index is 0.0403. The SMILES string of the molecule is COc1cccc(CN2CCN(C(=O)c3ccn[nH]3)C[C@@H]2CCO)c1. The van der Waals surface area contributed by atoms with Gasteiger partial charge in [0.15, 0.2) is 0 Å². The molecule has 3 rings (SSSR count). The molecule has 0 saturated carbocycles. The molecule has 134 valence electrons.